The Labute approximate surface area is 101 Å². The molecule has 0 bridgehead atoms. The van der Waals surface area contributed by atoms with Crippen LogP contribution in [0.15, 0.2) is 0 Å². The predicted octanol–water partition coefficient (Wildman–Crippen LogP) is 1.87. The van der Waals surface area contributed by atoms with E-state index < -0.39 is 0 Å². The number of nitrogens with one attached hydrogen (secondary N) is 1. The van der Waals surface area contributed by atoms with E-state index in [1.807, 2.05) is 0 Å². The highest BCUT2D eigenvalue weighted by molar-refractivity contribution is 4.81. The van der Waals surface area contributed by atoms with E-state index in [9.17, 15) is 0 Å². The molecule has 1 aliphatic rings. The molecule has 0 aromatic rings. The standard InChI is InChI=1S/C13H28N2O/c1-11(9-13(2,3)16-5)14-10-12-7-6-8-15(12)4/h11-12,14H,6-10H2,1-5H3. The summed E-state index contributed by atoms with van der Waals surface area (Å²) in [5, 5.41) is 3.62. The van der Waals surface area contributed by atoms with Crippen LogP contribution in [0, 0.1) is 0 Å². The van der Waals surface area contributed by atoms with Crippen molar-refractivity contribution in [2.24, 2.45) is 0 Å². The van der Waals surface area contributed by atoms with E-state index in [1.165, 1.54) is 19.4 Å². The zero-order valence-corrected chi connectivity index (χ0v) is 11.5. The molecule has 2 unspecified atom stereocenters. The largest absolute Gasteiger partial charge is 0.379 e. The summed E-state index contributed by atoms with van der Waals surface area (Å²) in [5.74, 6) is 0. The minimum Gasteiger partial charge on any atom is -0.379 e. The molecule has 1 fully saturated rings. The first-order chi connectivity index (χ1) is 7.44. The molecule has 16 heavy (non-hydrogen) atoms. The molecule has 0 radical (unpaired) electrons. The minimum atomic E-state index is -0.0198. The van der Waals surface area contributed by atoms with Gasteiger partial charge in [0.25, 0.3) is 0 Å². The van der Waals surface area contributed by atoms with Gasteiger partial charge in [-0.15, -0.1) is 0 Å². The minimum absolute atomic E-state index is 0.0198. The Balaban J connectivity index is 2.22. The van der Waals surface area contributed by atoms with Gasteiger partial charge in [0.15, 0.2) is 0 Å². The molecule has 0 aliphatic carbocycles. The Bertz CT molecular complexity index is 206. The highest BCUT2D eigenvalue weighted by atomic mass is 16.5. The maximum atomic E-state index is 5.45. The molecule has 1 N–H and O–H groups in total. The van der Waals surface area contributed by atoms with Crippen LogP contribution in [0.3, 0.4) is 0 Å². The van der Waals surface area contributed by atoms with Crippen molar-refractivity contribution in [3.63, 3.8) is 0 Å². The molecule has 96 valence electrons. The SMILES string of the molecule is COC(C)(C)CC(C)NCC1CCCN1C. The third-order valence-electron chi connectivity index (χ3n) is 3.72. The van der Waals surface area contributed by atoms with Crippen LogP contribution in [0.4, 0.5) is 0 Å². The van der Waals surface area contributed by atoms with E-state index in [1.54, 1.807) is 7.11 Å². The van der Waals surface area contributed by atoms with E-state index in [0.717, 1.165) is 19.0 Å². The van der Waals surface area contributed by atoms with Crippen LogP contribution in [0.5, 0.6) is 0 Å². The zero-order valence-electron chi connectivity index (χ0n) is 11.5. The second-order valence-corrected chi connectivity index (χ2v) is 5.75. The number of hydrogen-bond donors (Lipinski definition) is 1. The first-order valence-corrected chi connectivity index (χ1v) is 6.43. The summed E-state index contributed by atoms with van der Waals surface area (Å²) >= 11 is 0. The van der Waals surface area contributed by atoms with Crippen LogP contribution in [-0.2, 0) is 4.74 Å². The van der Waals surface area contributed by atoms with Crippen molar-refractivity contribution < 1.29 is 4.74 Å². The Hall–Kier alpha value is -0.120. The summed E-state index contributed by atoms with van der Waals surface area (Å²) in [7, 11) is 4.01. The number of likely N-dealkylation sites (tertiary alicyclic amines) is 1. The van der Waals surface area contributed by atoms with Gasteiger partial charge < -0.3 is 15.0 Å². The molecule has 3 heteroatoms. The summed E-state index contributed by atoms with van der Waals surface area (Å²) in [5.41, 5.74) is -0.0198. The van der Waals surface area contributed by atoms with Crippen LogP contribution in [-0.4, -0.2) is 49.8 Å². The predicted molar refractivity (Wildman–Crippen MR) is 68.8 cm³/mol. The van der Waals surface area contributed by atoms with Gasteiger partial charge in [0, 0.05) is 25.7 Å². The molecule has 1 saturated heterocycles. The van der Waals surface area contributed by atoms with Crippen molar-refractivity contribution in [2.45, 2.75) is 57.7 Å². The lowest BCUT2D eigenvalue weighted by atomic mass is 9.99. The van der Waals surface area contributed by atoms with Gasteiger partial charge in [-0.2, -0.15) is 0 Å². The third kappa shape index (κ3) is 4.40. The molecular formula is C13H28N2O. The zero-order chi connectivity index (χ0) is 12.2. The Morgan fingerprint density at radius 2 is 2.19 bits per heavy atom. The van der Waals surface area contributed by atoms with Crippen LogP contribution < -0.4 is 5.32 Å². The van der Waals surface area contributed by atoms with Crippen LogP contribution in [0.25, 0.3) is 0 Å². The van der Waals surface area contributed by atoms with E-state index in [2.05, 4.69) is 38.0 Å². The molecule has 1 aliphatic heterocycles. The third-order valence-corrected chi connectivity index (χ3v) is 3.72. The Morgan fingerprint density at radius 3 is 2.69 bits per heavy atom. The van der Waals surface area contributed by atoms with Gasteiger partial charge in [-0.25, -0.2) is 0 Å². The van der Waals surface area contributed by atoms with Crippen LogP contribution >= 0.6 is 0 Å². The van der Waals surface area contributed by atoms with Crippen molar-refractivity contribution in [2.75, 3.05) is 27.2 Å². The number of likely N-dealkylation sites (N-methyl/N-ethyl adjacent to an activating group) is 1. The van der Waals surface area contributed by atoms with E-state index >= 15 is 0 Å². The van der Waals surface area contributed by atoms with Crippen LogP contribution in [0.1, 0.15) is 40.0 Å². The lowest BCUT2D eigenvalue weighted by Gasteiger charge is -2.29. The molecule has 2 atom stereocenters. The fourth-order valence-electron chi connectivity index (χ4n) is 2.47. The quantitative estimate of drug-likeness (QED) is 0.751. The Morgan fingerprint density at radius 1 is 1.50 bits per heavy atom. The van der Waals surface area contributed by atoms with Gasteiger partial charge in [0.2, 0.25) is 0 Å². The molecule has 3 nitrogen and oxygen atoms in total. The monoisotopic (exact) mass is 228 g/mol. The highest BCUT2D eigenvalue weighted by Crippen LogP contribution is 2.17. The van der Waals surface area contributed by atoms with Crippen molar-refractivity contribution in [1.29, 1.82) is 0 Å². The van der Waals surface area contributed by atoms with Gasteiger partial charge in [-0.1, -0.05) is 0 Å². The van der Waals surface area contributed by atoms with Crippen molar-refractivity contribution >= 4 is 0 Å². The van der Waals surface area contributed by atoms with E-state index in [-0.39, 0.29) is 5.60 Å². The Kier molecular flexibility index (Phi) is 5.22. The lowest BCUT2D eigenvalue weighted by Crippen LogP contribution is -2.42. The van der Waals surface area contributed by atoms with Crippen molar-refractivity contribution in [1.82, 2.24) is 10.2 Å². The molecular weight excluding hydrogens is 200 g/mol. The smallest absolute Gasteiger partial charge is 0.0637 e. The number of rotatable bonds is 6. The fraction of sp³-hybridized carbons (Fsp3) is 1.00. The lowest BCUT2D eigenvalue weighted by molar-refractivity contribution is 0.00823. The number of nitrogens with zero attached hydrogens (tertiary/aromatic N) is 1. The van der Waals surface area contributed by atoms with Gasteiger partial charge in [0.05, 0.1) is 5.60 Å². The molecule has 0 aromatic carbocycles. The number of methoxy groups -OCH3 is 1. The maximum absolute atomic E-state index is 5.45. The summed E-state index contributed by atoms with van der Waals surface area (Å²) in [6.45, 7) is 8.90. The van der Waals surface area contributed by atoms with Crippen molar-refractivity contribution in [3.05, 3.63) is 0 Å². The van der Waals surface area contributed by atoms with Gasteiger partial charge in [-0.05, 0) is 53.6 Å². The van der Waals surface area contributed by atoms with Crippen LogP contribution in [0.2, 0.25) is 0 Å². The normalized spacial score (nSPS) is 24.9. The van der Waals surface area contributed by atoms with Gasteiger partial charge in [0.1, 0.15) is 0 Å². The number of hydrogen-bond acceptors (Lipinski definition) is 3. The fourth-order valence-corrected chi connectivity index (χ4v) is 2.47. The topological polar surface area (TPSA) is 24.5 Å². The van der Waals surface area contributed by atoms with E-state index in [4.69, 9.17) is 4.74 Å². The molecule has 0 spiro atoms. The average Bonchev–Trinajstić information content (AvgIpc) is 2.60. The molecule has 1 rings (SSSR count). The molecule has 0 aromatic heterocycles. The second-order valence-electron chi connectivity index (χ2n) is 5.75. The summed E-state index contributed by atoms with van der Waals surface area (Å²) < 4.78 is 5.45. The van der Waals surface area contributed by atoms with E-state index in [0.29, 0.717) is 6.04 Å². The molecule has 1 heterocycles. The number of ether oxygens (including phenoxy) is 1. The summed E-state index contributed by atoms with van der Waals surface area (Å²) in [4.78, 5) is 2.46. The maximum Gasteiger partial charge on any atom is 0.0637 e. The van der Waals surface area contributed by atoms with Gasteiger partial charge in [-0.3, -0.25) is 0 Å². The first kappa shape index (κ1) is 13.9. The summed E-state index contributed by atoms with van der Waals surface area (Å²) in [6.07, 6.45) is 3.74. The first-order valence-electron chi connectivity index (χ1n) is 6.43. The molecule has 0 amide bonds. The van der Waals surface area contributed by atoms with Gasteiger partial charge >= 0.3 is 0 Å². The van der Waals surface area contributed by atoms with Crippen molar-refractivity contribution in [3.8, 4) is 0 Å². The highest BCUT2D eigenvalue weighted by Gasteiger charge is 2.23. The summed E-state index contributed by atoms with van der Waals surface area (Å²) in [6, 6.07) is 1.25. The second kappa shape index (κ2) is 5.99. The average molecular weight is 228 g/mol. The molecule has 0 saturated carbocycles.